The molecule has 0 atom stereocenters. The second-order valence-corrected chi connectivity index (χ2v) is 4.34. The third-order valence-electron chi connectivity index (χ3n) is 2.73. The number of hydrogen-bond acceptors (Lipinski definition) is 2. The Labute approximate surface area is 106 Å². The number of halogens is 1. The second-order valence-electron chi connectivity index (χ2n) is 3.93. The van der Waals surface area contributed by atoms with Gasteiger partial charge in [-0.2, -0.15) is 0 Å². The van der Waals surface area contributed by atoms with Crippen LogP contribution in [0.3, 0.4) is 0 Å². The summed E-state index contributed by atoms with van der Waals surface area (Å²) in [5, 5.41) is 3.70. The maximum atomic E-state index is 11.9. The molecular formula is C13H15ClN2O. The highest BCUT2D eigenvalue weighted by molar-refractivity contribution is 6.50. The summed E-state index contributed by atoms with van der Waals surface area (Å²) in [5.41, 5.74) is 0.873. The number of rotatable bonds is 2. The van der Waals surface area contributed by atoms with Gasteiger partial charge in [-0.15, -0.1) is 0 Å². The van der Waals surface area contributed by atoms with Gasteiger partial charge in [-0.25, -0.2) is 0 Å². The molecule has 1 fully saturated rings. The fourth-order valence-electron chi connectivity index (χ4n) is 1.77. The first-order chi connectivity index (χ1) is 8.27. The fourth-order valence-corrected chi connectivity index (χ4v) is 1.98. The van der Waals surface area contributed by atoms with Crippen molar-refractivity contribution in [2.75, 3.05) is 26.2 Å². The molecule has 2 rings (SSSR count). The number of piperazine rings is 1. The average molecular weight is 251 g/mol. The molecular weight excluding hydrogens is 236 g/mol. The first kappa shape index (κ1) is 12.1. The third-order valence-corrected chi connectivity index (χ3v) is 3.06. The smallest absolute Gasteiger partial charge is 0.248 e. The summed E-state index contributed by atoms with van der Waals surface area (Å²) in [6, 6.07) is 9.52. The van der Waals surface area contributed by atoms with E-state index < -0.39 is 0 Å². The number of nitrogens with one attached hydrogen (secondary N) is 1. The minimum absolute atomic E-state index is 0.0136. The minimum Gasteiger partial charge on any atom is -0.337 e. The summed E-state index contributed by atoms with van der Waals surface area (Å²) in [4.78, 5) is 13.7. The predicted octanol–water partition coefficient (Wildman–Crippen LogP) is 1.70. The molecule has 0 saturated carbocycles. The van der Waals surface area contributed by atoms with E-state index in [0.29, 0.717) is 5.03 Å². The number of benzene rings is 1. The van der Waals surface area contributed by atoms with Crippen LogP contribution in [0.2, 0.25) is 0 Å². The van der Waals surface area contributed by atoms with Crippen molar-refractivity contribution in [1.82, 2.24) is 10.2 Å². The maximum absolute atomic E-state index is 11.9. The van der Waals surface area contributed by atoms with E-state index in [1.165, 1.54) is 6.08 Å². The molecule has 0 aliphatic carbocycles. The zero-order valence-corrected chi connectivity index (χ0v) is 10.3. The van der Waals surface area contributed by atoms with Crippen LogP contribution in [-0.2, 0) is 4.79 Å². The van der Waals surface area contributed by atoms with Crippen LogP contribution in [0.5, 0.6) is 0 Å². The molecule has 4 heteroatoms. The second kappa shape index (κ2) is 5.84. The van der Waals surface area contributed by atoms with Crippen LogP contribution in [0, 0.1) is 0 Å². The number of amides is 1. The van der Waals surface area contributed by atoms with Gasteiger partial charge in [-0.05, 0) is 5.56 Å². The van der Waals surface area contributed by atoms with Gasteiger partial charge < -0.3 is 10.2 Å². The van der Waals surface area contributed by atoms with E-state index in [2.05, 4.69) is 5.32 Å². The summed E-state index contributed by atoms with van der Waals surface area (Å²) < 4.78 is 0. The Morgan fingerprint density at radius 3 is 2.53 bits per heavy atom. The van der Waals surface area contributed by atoms with Gasteiger partial charge in [0.2, 0.25) is 5.91 Å². The van der Waals surface area contributed by atoms with E-state index >= 15 is 0 Å². The molecule has 1 aromatic carbocycles. The molecule has 0 radical (unpaired) electrons. The van der Waals surface area contributed by atoms with Crippen molar-refractivity contribution in [3.63, 3.8) is 0 Å². The molecule has 1 amide bonds. The topological polar surface area (TPSA) is 32.3 Å². The molecule has 1 aliphatic heterocycles. The van der Waals surface area contributed by atoms with Crippen molar-refractivity contribution in [2.24, 2.45) is 0 Å². The molecule has 0 unspecified atom stereocenters. The first-order valence-corrected chi connectivity index (χ1v) is 6.07. The molecule has 1 N–H and O–H groups in total. The lowest BCUT2D eigenvalue weighted by atomic mass is 10.2. The Morgan fingerprint density at radius 1 is 1.24 bits per heavy atom. The fraction of sp³-hybridized carbons (Fsp3) is 0.308. The van der Waals surface area contributed by atoms with E-state index in [1.807, 2.05) is 35.2 Å². The van der Waals surface area contributed by atoms with Gasteiger partial charge >= 0.3 is 0 Å². The van der Waals surface area contributed by atoms with Crippen molar-refractivity contribution in [2.45, 2.75) is 0 Å². The van der Waals surface area contributed by atoms with Crippen molar-refractivity contribution in [3.8, 4) is 0 Å². The van der Waals surface area contributed by atoms with Crippen molar-refractivity contribution < 1.29 is 4.79 Å². The van der Waals surface area contributed by atoms with Crippen molar-refractivity contribution in [3.05, 3.63) is 42.0 Å². The molecule has 0 bridgehead atoms. The molecule has 1 saturated heterocycles. The summed E-state index contributed by atoms with van der Waals surface area (Å²) in [6.45, 7) is 3.19. The predicted molar refractivity (Wildman–Crippen MR) is 69.7 cm³/mol. The Bertz CT molecular complexity index is 411. The van der Waals surface area contributed by atoms with Gasteiger partial charge in [0.25, 0.3) is 0 Å². The third kappa shape index (κ3) is 3.32. The van der Waals surface area contributed by atoms with Gasteiger partial charge in [-0.1, -0.05) is 41.9 Å². The van der Waals surface area contributed by atoms with Crippen LogP contribution in [0.25, 0.3) is 5.03 Å². The van der Waals surface area contributed by atoms with Gasteiger partial charge in [0.15, 0.2) is 0 Å². The lowest BCUT2D eigenvalue weighted by Crippen LogP contribution is -2.45. The molecule has 1 aromatic rings. The quantitative estimate of drug-likeness (QED) is 0.811. The minimum atomic E-state index is -0.0136. The van der Waals surface area contributed by atoms with Crippen LogP contribution >= 0.6 is 11.6 Å². The molecule has 3 nitrogen and oxygen atoms in total. The van der Waals surface area contributed by atoms with Gasteiger partial charge in [0, 0.05) is 32.3 Å². The summed E-state index contributed by atoms with van der Waals surface area (Å²) >= 11 is 6.12. The Hall–Kier alpha value is -1.32. The molecule has 90 valence electrons. The molecule has 1 heterocycles. The van der Waals surface area contributed by atoms with E-state index in [-0.39, 0.29) is 5.91 Å². The van der Waals surface area contributed by atoms with Crippen molar-refractivity contribution in [1.29, 1.82) is 0 Å². The summed E-state index contributed by atoms with van der Waals surface area (Å²) in [5.74, 6) is -0.0136. The van der Waals surface area contributed by atoms with E-state index in [9.17, 15) is 4.79 Å². The number of nitrogens with zero attached hydrogens (tertiary/aromatic N) is 1. The highest BCUT2D eigenvalue weighted by atomic mass is 35.5. The van der Waals surface area contributed by atoms with Crippen molar-refractivity contribution >= 4 is 22.5 Å². The lowest BCUT2D eigenvalue weighted by molar-refractivity contribution is -0.126. The van der Waals surface area contributed by atoms with Gasteiger partial charge in [0.05, 0.1) is 5.03 Å². The largest absolute Gasteiger partial charge is 0.337 e. The average Bonchev–Trinajstić information content (AvgIpc) is 2.40. The highest BCUT2D eigenvalue weighted by Crippen LogP contribution is 2.18. The van der Waals surface area contributed by atoms with Crippen LogP contribution in [0.1, 0.15) is 5.56 Å². The normalized spacial score (nSPS) is 17.0. The number of carbonyl (C=O) groups is 1. The Balaban J connectivity index is 2.05. The standard InChI is InChI=1S/C13H15ClN2O/c14-12(11-4-2-1-3-5-11)10-13(17)16-8-6-15-7-9-16/h1-5,10,15H,6-9H2. The van der Waals surface area contributed by atoms with E-state index in [1.54, 1.807) is 0 Å². The Morgan fingerprint density at radius 2 is 1.88 bits per heavy atom. The lowest BCUT2D eigenvalue weighted by Gasteiger charge is -2.26. The van der Waals surface area contributed by atoms with Crippen LogP contribution in [-0.4, -0.2) is 37.0 Å². The van der Waals surface area contributed by atoms with E-state index in [4.69, 9.17) is 11.6 Å². The summed E-state index contributed by atoms with van der Waals surface area (Å²) in [6.07, 6.45) is 1.50. The highest BCUT2D eigenvalue weighted by Gasteiger charge is 2.14. The van der Waals surface area contributed by atoms with Gasteiger partial charge in [-0.3, -0.25) is 4.79 Å². The molecule has 0 spiro atoms. The molecule has 17 heavy (non-hydrogen) atoms. The monoisotopic (exact) mass is 250 g/mol. The zero-order valence-electron chi connectivity index (χ0n) is 9.53. The van der Waals surface area contributed by atoms with Crippen LogP contribution in [0.4, 0.5) is 0 Å². The zero-order chi connectivity index (χ0) is 12.1. The molecule has 1 aliphatic rings. The number of hydrogen-bond donors (Lipinski definition) is 1. The SMILES string of the molecule is O=C(C=C(Cl)c1ccccc1)N1CCNCC1. The molecule has 0 aromatic heterocycles. The number of carbonyl (C=O) groups excluding carboxylic acids is 1. The first-order valence-electron chi connectivity index (χ1n) is 5.69. The summed E-state index contributed by atoms with van der Waals surface area (Å²) in [7, 11) is 0. The van der Waals surface area contributed by atoms with Gasteiger partial charge in [0.1, 0.15) is 0 Å². The Kier molecular flexibility index (Phi) is 4.18. The van der Waals surface area contributed by atoms with E-state index in [0.717, 1.165) is 31.7 Å². The van der Waals surface area contributed by atoms with Crippen LogP contribution < -0.4 is 5.32 Å². The van der Waals surface area contributed by atoms with Crippen LogP contribution in [0.15, 0.2) is 36.4 Å². The maximum Gasteiger partial charge on any atom is 0.248 e.